The predicted octanol–water partition coefficient (Wildman–Crippen LogP) is 11.5. The Morgan fingerprint density at radius 3 is 1.45 bits per heavy atom. The van der Waals surface area contributed by atoms with Gasteiger partial charge in [-0.05, 0) is 78.7 Å². The van der Waals surface area contributed by atoms with Crippen LogP contribution < -0.4 is 4.90 Å². The molecule has 2 aromatic heterocycles. The molecule has 224 valence electrons. The Labute approximate surface area is 306 Å². The first-order chi connectivity index (χ1) is 22.5. The van der Waals surface area contributed by atoms with E-state index in [9.17, 15) is 0 Å². The van der Waals surface area contributed by atoms with E-state index in [2.05, 4.69) is 95.7 Å². The van der Waals surface area contributed by atoms with Gasteiger partial charge in [-0.25, -0.2) is 9.97 Å². The number of aromatic nitrogens is 2. The minimum Gasteiger partial charge on any atom is -0.779 e. The van der Waals surface area contributed by atoms with Crippen molar-refractivity contribution in [2.75, 3.05) is 4.90 Å². The first-order valence-corrected chi connectivity index (χ1v) is 17.2. The summed E-state index contributed by atoms with van der Waals surface area (Å²) < 4.78 is 2.38. The minimum absolute atomic E-state index is 0. The van der Waals surface area contributed by atoms with Crippen molar-refractivity contribution in [1.29, 1.82) is 0 Å². The van der Waals surface area contributed by atoms with Crippen molar-refractivity contribution in [3.8, 4) is 21.1 Å². The zero-order valence-corrected chi connectivity index (χ0v) is 31.8. The number of hydrogen-bond acceptors (Lipinski definition) is 7. The monoisotopic (exact) mass is 729 g/mol. The molecule has 0 unspecified atom stereocenters. The topological polar surface area (TPSA) is 29.0 Å². The number of fused-ring (bicyclic) bond motifs is 2. The molecule has 0 N–H and O–H groups in total. The molecule has 0 amide bonds. The maximum Gasteiger partial charge on any atom is 2.00 e. The summed E-state index contributed by atoms with van der Waals surface area (Å²) in [6, 6.07) is 49.5. The van der Waals surface area contributed by atoms with E-state index in [4.69, 9.17) is 30.2 Å². The molecule has 0 radical (unpaired) electrons. The fraction of sp³-hybridized carbons (Fsp3) is 0.0256. The standard InChI is InChI=1S/C25H18N2S2.C14H11NS2.Zn/c28-23-16-15-20(17-21(23)25-26-22-13-7-8-14-24(22)29-25)27(18-9-3-1-4-10-18)19-11-5-2-6-12-19;1-9-6-7-12(16)10(8-9)14-15-11-4-2-3-5-13(11)17-14;/h1-17,28H;2-8,16H,1H3;/q;;+2/p-2. The van der Waals surface area contributed by atoms with Gasteiger partial charge in [0.1, 0.15) is 10.0 Å². The second-order valence-corrected chi connectivity index (χ2v) is 13.6. The third kappa shape index (κ3) is 7.28. The van der Waals surface area contributed by atoms with Crippen molar-refractivity contribution in [3.63, 3.8) is 0 Å². The van der Waals surface area contributed by atoms with Crippen LogP contribution in [0.1, 0.15) is 5.56 Å². The molecule has 8 rings (SSSR count). The molecular formula is C39H27N3S4Zn. The largest absolute Gasteiger partial charge is 2.00 e. The molecule has 8 aromatic rings. The molecule has 0 spiro atoms. The zero-order chi connectivity index (χ0) is 31.5. The van der Waals surface area contributed by atoms with Crippen molar-refractivity contribution in [1.82, 2.24) is 9.97 Å². The third-order valence-corrected chi connectivity index (χ3v) is 10.3. The molecular weight excluding hydrogens is 704 g/mol. The minimum atomic E-state index is 0. The Bertz CT molecular complexity index is 2160. The Morgan fingerprint density at radius 1 is 0.489 bits per heavy atom. The Balaban J connectivity index is 0.000000183. The molecule has 47 heavy (non-hydrogen) atoms. The summed E-state index contributed by atoms with van der Waals surface area (Å²) in [4.78, 5) is 13.4. The van der Waals surface area contributed by atoms with Gasteiger partial charge >= 0.3 is 19.5 Å². The first kappa shape index (κ1) is 32.9. The fourth-order valence-corrected chi connectivity index (χ4v) is 7.78. The van der Waals surface area contributed by atoms with Gasteiger partial charge in [-0.3, -0.25) is 0 Å². The summed E-state index contributed by atoms with van der Waals surface area (Å²) in [6.07, 6.45) is 0. The number of para-hydroxylation sites is 4. The van der Waals surface area contributed by atoms with Gasteiger partial charge in [0, 0.05) is 17.1 Å². The van der Waals surface area contributed by atoms with Crippen molar-refractivity contribution in [2.24, 2.45) is 0 Å². The Hall–Kier alpha value is -4.04. The van der Waals surface area contributed by atoms with Crippen LogP contribution in [0.5, 0.6) is 0 Å². The molecule has 6 aromatic carbocycles. The molecule has 3 nitrogen and oxygen atoms in total. The second kappa shape index (κ2) is 14.8. The zero-order valence-electron chi connectivity index (χ0n) is 25.5. The van der Waals surface area contributed by atoms with Crippen molar-refractivity contribution in [2.45, 2.75) is 16.7 Å². The Morgan fingerprint density at radius 2 is 0.936 bits per heavy atom. The van der Waals surface area contributed by atoms with Gasteiger partial charge in [0.25, 0.3) is 0 Å². The van der Waals surface area contributed by atoms with Crippen molar-refractivity contribution in [3.05, 3.63) is 151 Å². The van der Waals surface area contributed by atoms with Crippen LogP contribution in [0.3, 0.4) is 0 Å². The summed E-state index contributed by atoms with van der Waals surface area (Å²) in [7, 11) is 0. The summed E-state index contributed by atoms with van der Waals surface area (Å²) in [6.45, 7) is 2.07. The van der Waals surface area contributed by atoms with E-state index in [0.29, 0.717) is 0 Å². The van der Waals surface area contributed by atoms with Crippen LogP contribution in [0.15, 0.2) is 155 Å². The van der Waals surface area contributed by atoms with E-state index >= 15 is 0 Å². The summed E-state index contributed by atoms with van der Waals surface area (Å²) in [5.74, 6) is 0. The first-order valence-electron chi connectivity index (χ1n) is 14.7. The van der Waals surface area contributed by atoms with Gasteiger partial charge in [0.05, 0.1) is 20.4 Å². The summed E-state index contributed by atoms with van der Waals surface area (Å²) in [5, 5.41) is 1.97. The van der Waals surface area contributed by atoms with Gasteiger partial charge < -0.3 is 30.2 Å². The molecule has 0 aliphatic carbocycles. The van der Waals surface area contributed by atoms with E-state index in [1.807, 2.05) is 66.7 Å². The number of rotatable bonds is 5. The van der Waals surface area contributed by atoms with Gasteiger partial charge in [-0.1, -0.05) is 90.5 Å². The van der Waals surface area contributed by atoms with Gasteiger partial charge in [0.15, 0.2) is 0 Å². The van der Waals surface area contributed by atoms with Crippen LogP contribution in [-0.2, 0) is 44.7 Å². The molecule has 0 saturated carbocycles. The molecule has 2 heterocycles. The second-order valence-electron chi connectivity index (χ2n) is 10.7. The number of anilines is 3. The summed E-state index contributed by atoms with van der Waals surface area (Å²) in [5.41, 5.74) is 8.60. The van der Waals surface area contributed by atoms with Gasteiger partial charge in [-0.15, -0.1) is 22.7 Å². The summed E-state index contributed by atoms with van der Waals surface area (Å²) >= 11 is 14.4. The van der Waals surface area contributed by atoms with E-state index in [0.717, 1.165) is 59.0 Å². The van der Waals surface area contributed by atoms with Crippen LogP contribution in [-0.4, -0.2) is 9.97 Å². The maximum absolute atomic E-state index is 5.67. The van der Waals surface area contributed by atoms with Gasteiger partial charge in [-0.2, -0.15) is 9.79 Å². The van der Waals surface area contributed by atoms with E-state index in [1.54, 1.807) is 22.7 Å². The van der Waals surface area contributed by atoms with E-state index in [1.165, 1.54) is 15.0 Å². The average molecular weight is 731 g/mol. The predicted molar refractivity (Wildman–Crippen MR) is 201 cm³/mol. The van der Waals surface area contributed by atoms with Crippen molar-refractivity contribution < 1.29 is 19.5 Å². The molecule has 0 atom stereocenters. The number of nitrogens with zero attached hydrogens (tertiary/aromatic N) is 3. The molecule has 0 fully saturated rings. The third-order valence-electron chi connectivity index (χ3n) is 7.43. The molecule has 0 bridgehead atoms. The SMILES string of the molecule is Cc1ccc([S-])c(-c2nc3ccccc3s2)c1.[S-]c1ccc(N(c2ccccc2)c2ccccc2)cc1-c1nc2ccccc2s1.[Zn+2]. The normalized spacial score (nSPS) is 10.7. The van der Waals surface area contributed by atoms with Crippen molar-refractivity contribution >= 4 is 85.4 Å². The number of benzene rings is 6. The maximum atomic E-state index is 5.67. The number of thiazole rings is 2. The van der Waals surface area contributed by atoms with Gasteiger partial charge in [0.2, 0.25) is 0 Å². The molecule has 0 saturated heterocycles. The number of aryl methyl sites for hydroxylation is 1. The van der Waals surface area contributed by atoms with Crippen LogP contribution in [0.4, 0.5) is 17.1 Å². The number of hydrogen-bond donors (Lipinski definition) is 0. The van der Waals surface area contributed by atoms with Crippen LogP contribution >= 0.6 is 22.7 Å². The molecule has 0 aliphatic heterocycles. The van der Waals surface area contributed by atoms with Crippen LogP contribution in [0, 0.1) is 6.92 Å². The van der Waals surface area contributed by atoms with E-state index < -0.39 is 0 Å². The fourth-order valence-electron chi connectivity index (χ4n) is 5.21. The Kier molecular flexibility index (Phi) is 10.4. The quantitative estimate of drug-likeness (QED) is 0.130. The van der Waals surface area contributed by atoms with E-state index in [-0.39, 0.29) is 19.5 Å². The molecule has 8 heteroatoms. The smallest absolute Gasteiger partial charge is 0.779 e. The van der Waals surface area contributed by atoms with Crippen LogP contribution in [0.2, 0.25) is 0 Å². The van der Waals surface area contributed by atoms with Crippen LogP contribution in [0.25, 0.3) is 41.6 Å². The molecule has 0 aliphatic rings. The average Bonchev–Trinajstić information content (AvgIpc) is 3.73.